The molecule has 2 N–H and O–H groups in total. The number of hydrogen-bond donors (Lipinski definition) is 2. The summed E-state index contributed by atoms with van der Waals surface area (Å²) in [5.74, 6) is -11.2. The van der Waals surface area contributed by atoms with Crippen molar-refractivity contribution in [2.75, 3.05) is 5.32 Å². The van der Waals surface area contributed by atoms with Crippen LogP contribution in [-0.4, -0.2) is 17.3 Å². The molecular formula is C20H14F9NO. The average Bonchev–Trinajstić information content (AvgIpc) is 2.85. The van der Waals surface area contributed by atoms with Gasteiger partial charge >= 0.3 is 6.30 Å². The molecule has 0 aromatic heterocycles. The second kappa shape index (κ2) is 6.78. The van der Waals surface area contributed by atoms with Crippen molar-refractivity contribution in [2.24, 2.45) is 0 Å². The summed E-state index contributed by atoms with van der Waals surface area (Å²) in [6.45, 7) is 0. The van der Waals surface area contributed by atoms with E-state index in [1.165, 1.54) is 0 Å². The van der Waals surface area contributed by atoms with Crippen molar-refractivity contribution in [3.05, 3.63) is 63.7 Å². The molecule has 168 valence electrons. The van der Waals surface area contributed by atoms with Crippen LogP contribution in [-0.2, 0) is 12.3 Å². The third kappa shape index (κ3) is 3.62. The van der Waals surface area contributed by atoms with Crippen LogP contribution < -0.4 is 5.32 Å². The fourth-order valence-electron chi connectivity index (χ4n) is 4.48. The van der Waals surface area contributed by atoms with Gasteiger partial charge < -0.3 is 5.11 Å². The largest absolute Gasteiger partial charge is 0.482 e. The Balaban J connectivity index is 1.92. The van der Waals surface area contributed by atoms with Gasteiger partial charge in [-0.1, -0.05) is 6.07 Å². The first-order valence-corrected chi connectivity index (χ1v) is 9.15. The highest BCUT2D eigenvalue weighted by Crippen LogP contribution is 2.54. The average molecular weight is 455 g/mol. The lowest BCUT2D eigenvalue weighted by Crippen LogP contribution is -2.27. The van der Waals surface area contributed by atoms with Gasteiger partial charge in [-0.25, -0.2) is 26.3 Å². The standard InChI is InChI=1S/C20H14F9NO/c21-8-5-12-15(13(22)6-8)10(3-4-18(12,23)24)9-1-2-14(30-20(27,28)29)16-11(9)7-19(25,26)17(16)31/h1-2,5-6,10,17,30-31H,3-4,7H2/t10-,17?/m1/s1. The Morgan fingerprint density at radius 2 is 1.68 bits per heavy atom. The van der Waals surface area contributed by atoms with Crippen LogP contribution in [0.2, 0.25) is 0 Å². The Labute approximate surface area is 169 Å². The minimum atomic E-state index is -4.99. The van der Waals surface area contributed by atoms with Gasteiger partial charge in [0.05, 0.1) is 0 Å². The number of aliphatic hydroxyl groups is 1. The highest BCUT2D eigenvalue weighted by molar-refractivity contribution is 5.63. The number of nitrogens with one attached hydrogen (secondary N) is 1. The number of rotatable bonds is 2. The van der Waals surface area contributed by atoms with Gasteiger partial charge in [-0.15, -0.1) is 0 Å². The van der Waals surface area contributed by atoms with Crippen molar-refractivity contribution >= 4 is 5.69 Å². The monoisotopic (exact) mass is 455 g/mol. The Morgan fingerprint density at radius 1 is 1.00 bits per heavy atom. The highest BCUT2D eigenvalue weighted by atomic mass is 19.4. The molecule has 0 heterocycles. The fraction of sp³-hybridized carbons (Fsp3) is 0.400. The SMILES string of the molecule is OC1c2c(NC(F)(F)F)ccc([C@H]3CCC(F)(F)c4cc(F)cc(F)c43)c2CC1(F)F. The molecule has 0 radical (unpaired) electrons. The molecule has 0 fully saturated rings. The van der Waals surface area contributed by atoms with E-state index in [1.54, 1.807) is 0 Å². The summed E-state index contributed by atoms with van der Waals surface area (Å²) in [5.41, 5.74) is -3.55. The molecule has 0 saturated heterocycles. The molecule has 1 unspecified atom stereocenters. The molecular weight excluding hydrogens is 441 g/mol. The van der Waals surface area contributed by atoms with Crippen LogP contribution in [0.3, 0.4) is 0 Å². The van der Waals surface area contributed by atoms with E-state index in [0.29, 0.717) is 12.1 Å². The van der Waals surface area contributed by atoms with E-state index in [0.717, 1.165) is 17.4 Å². The van der Waals surface area contributed by atoms with Crippen molar-refractivity contribution < 1.29 is 44.6 Å². The van der Waals surface area contributed by atoms with E-state index in [9.17, 15) is 44.6 Å². The van der Waals surface area contributed by atoms with Gasteiger partial charge in [-0.2, -0.15) is 13.2 Å². The van der Waals surface area contributed by atoms with Gasteiger partial charge in [-0.3, -0.25) is 5.32 Å². The molecule has 0 aliphatic heterocycles. The summed E-state index contributed by atoms with van der Waals surface area (Å²) in [7, 11) is 0. The lowest BCUT2D eigenvalue weighted by atomic mass is 9.75. The third-order valence-corrected chi connectivity index (χ3v) is 5.71. The number of benzene rings is 2. The molecule has 2 aromatic carbocycles. The number of halogens is 9. The van der Waals surface area contributed by atoms with Gasteiger partial charge in [0.15, 0.2) is 0 Å². The van der Waals surface area contributed by atoms with Gasteiger partial charge in [0.2, 0.25) is 0 Å². The van der Waals surface area contributed by atoms with E-state index < -0.39 is 83.4 Å². The molecule has 11 heteroatoms. The molecule has 2 aliphatic carbocycles. The zero-order chi connectivity index (χ0) is 22.9. The summed E-state index contributed by atoms with van der Waals surface area (Å²) >= 11 is 0. The molecule has 2 aliphatic rings. The first-order valence-electron chi connectivity index (χ1n) is 9.15. The molecule has 0 saturated carbocycles. The second-order valence-corrected chi connectivity index (χ2v) is 7.70. The van der Waals surface area contributed by atoms with Crippen LogP contribution >= 0.6 is 0 Å². The molecule has 4 rings (SSSR count). The Bertz CT molecular complexity index is 1050. The minimum Gasteiger partial charge on any atom is -0.382 e. The van der Waals surface area contributed by atoms with E-state index in [-0.39, 0.29) is 11.1 Å². The number of alkyl halides is 7. The second-order valence-electron chi connectivity index (χ2n) is 7.70. The van der Waals surface area contributed by atoms with Gasteiger partial charge in [0.1, 0.15) is 17.7 Å². The van der Waals surface area contributed by atoms with Crippen molar-refractivity contribution in [3.63, 3.8) is 0 Å². The lowest BCUT2D eigenvalue weighted by molar-refractivity contribution is -0.103. The number of anilines is 1. The number of fused-ring (bicyclic) bond motifs is 2. The maximum absolute atomic E-state index is 14.6. The molecule has 31 heavy (non-hydrogen) atoms. The smallest absolute Gasteiger partial charge is 0.382 e. The Hall–Kier alpha value is -2.43. The number of aliphatic hydroxyl groups excluding tert-OH is 1. The van der Waals surface area contributed by atoms with E-state index in [2.05, 4.69) is 0 Å². The molecule has 2 aromatic rings. The van der Waals surface area contributed by atoms with Gasteiger partial charge in [0.25, 0.3) is 11.8 Å². The Kier molecular flexibility index (Phi) is 4.77. The zero-order valence-corrected chi connectivity index (χ0v) is 15.4. The molecule has 0 bridgehead atoms. The van der Waals surface area contributed by atoms with Crippen LogP contribution in [0.1, 0.15) is 52.7 Å². The van der Waals surface area contributed by atoms with Crippen LogP contribution in [0, 0.1) is 11.6 Å². The lowest BCUT2D eigenvalue weighted by Gasteiger charge is -2.33. The maximum Gasteiger partial charge on any atom is 0.482 e. The van der Waals surface area contributed by atoms with Crippen LogP contribution in [0.5, 0.6) is 0 Å². The highest BCUT2D eigenvalue weighted by Gasteiger charge is 2.51. The van der Waals surface area contributed by atoms with Crippen LogP contribution in [0.4, 0.5) is 45.2 Å². The van der Waals surface area contributed by atoms with Crippen molar-refractivity contribution in [2.45, 2.75) is 49.4 Å². The first kappa shape index (κ1) is 21.8. The van der Waals surface area contributed by atoms with Gasteiger partial charge in [-0.05, 0) is 29.7 Å². The van der Waals surface area contributed by atoms with Crippen LogP contribution in [0.25, 0.3) is 0 Å². The van der Waals surface area contributed by atoms with Crippen molar-refractivity contribution in [1.82, 2.24) is 0 Å². The predicted octanol–water partition coefficient (Wildman–Crippen LogP) is 6.14. The maximum atomic E-state index is 14.6. The normalized spacial score (nSPS) is 23.9. The molecule has 2 nitrogen and oxygen atoms in total. The topological polar surface area (TPSA) is 32.3 Å². The van der Waals surface area contributed by atoms with Crippen LogP contribution in [0.15, 0.2) is 24.3 Å². The van der Waals surface area contributed by atoms with E-state index >= 15 is 0 Å². The van der Waals surface area contributed by atoms with Gasteiger partial charge in [0, 0.05) is 47.2 Å². The molecule has 0 amide bonds. The summed E-state index contributed by atoms with van der Waals surface area (Å²) in [5, 5.41) is 11.1. The third-order valence-electron chi connectivity index (χ3n) is 5.71. The summed E-state index contributed by atoms with van der Waals surface area (Å²) < 4.78 is 124. The first-order chi connectivity index (χ1) is 14.2. The van der Waals surface area contributed by atoms with E-state index in [4.69, 9.17) is 0 Å². The minimum absolute atomic E-state index is 0.110. The molecule has 2 atom stereocenters. The summed E-state index contributed by atoms with van der Waals surface area (Å²) in [6, 6.07) is 2.66. The summed E-state index contributed by atoms with van der Waals surface area (Å²) in [6.07, 6.45) is -9.98. The Morgan fingerprint density at radius 3 is 2.32 bits per heavy atom. The summed E-state index contributed by atoms with van der Waals surface area (Å²) in [4.78, 5) is 0. The van der Waals surface area contributed by atoms with Crippen molar-refractivity contribution in [3.8, 4) is 0 Å². The predicted molar refractivity (Wildman–Crippen MR) is 91.1 cm³/mol. The zero-order valence-electron chi connectivity index (χ0n) is 15.4. The van der Waals surface area contributed by atoms with E-state index in [1.807, 2.05) is 0 Å². The fourth-order valence-corrected chi connectivity index (χ4v) is 4.48. The van der Waals surface area contributed by atoms with Crippen molar-refractivity contribution in [1.29, 1.82) is 0 Å². The quantitative estimate of drug-likeness (QED) is 0.421. The molecule has 0 spiro atoms. The number of hydrogen-bond acceptors (Lipinski definition) is 2.